The zero-order valence-electron chi connectivity index (χ0n) is 7.79. The monoisotopic (exact) mass is 188 g/mol. The minimum atomic E-state index is -0.110. The van der Waals surface area contributed by atoms with Gasteiger partial charge in [-0.25, -0.2) is 0 Å². The second kappa shape index (κ2) is 4.93. The molecule has 0 spiro atoms. The van der Waals surface area contributed by atoms with Gasteiger partial charge in [0.15, 0.2) is 0 Å². The van der Waals surface area contributed by atoms with Crippen LogP contribution in [0.2, 0.25) is 0 Å². The molecule has 0 aromatic heterocycles. The molecule has 0 atom stereocenters. The molecule has 72 valence electrons. The van der Waals surface area contributed by atoms with Gasteiger partial charge in [-0.2, -0.15) is 0 Å². The number of nitrogen functional groups attached to an aromatic ring is 1. The van der Waals surface area contributed by atoms with E-state index >= 15 is 0 Å². The Labute approximate surface area is 83.3 Å². The summed E-state index contributed by atoms with van der Waals surface area (Å²) in [6, 6.07) is 7.27. The van der Waals surface area contributed by atoms with Crippen LogP contribution in [-0.2, 0) is 11.2 Å². The number of carbonyl (C=O) groups excluding carboxylic acids is 1. The van der Waals surface area contributed by atoms with E-state index in [4.69, 9.17) is 12.2 Å². The van der Waals surface area contributed by atoms with Gasteiger partial charge in [-0.15, -0.1) is 6.42 Å². The number of carbonyl (C=O) groups is 1. The van der Waals surface area contributed by atoms with Gasteiger partial charge in [0.2, 0.25) is 5.91 Å². The summed E-state index contributed by atoms with van der Waals surface area (Å²) in [6.45, 7) is 0.256. The number of nitrogens with two attached hydrogens (primary N) is 1. The minimum Gasteiger partial charge on any atom is -0.398 e. The molecule has 0 aliphatic heterocycles. The Morgan fingerprint density at radius 2 is 2.21 bits per heavy atom. The van der Waals surface area contributed by atoms with Crippen molar-refractivity contribution < 1.29 is 4.79 Å². The first kappa shape index (κ1) is 10.1. The third-order valence-corrected chi connectivity index (χ3v) is 1.79. The lowest BCUT2D eigenvalue weighted by Gasteiger charge is -2.04. The highest BCUT2D eigenvalue weighted by Gasteiger charge is 2.03. The fourth-order valence-corrected chi connectivity index (χ4v) is 1.08. The van der Waals surface area contributed by atoms with Gasteiger partial charge < -0.3 is 11.1 Å². The third kappa shape index (κ3) is 2.83. The maximum atomic E-state index is 11.3. The van der Waals surface area contributed by atoms with Crippen LogP contribution in [0.5, 0.6) is 0 Å². The Kier molecular flexibility index (Phi) is 3.57. The van der Waals surface area contributed by atoms with Crippen molar-refractivity contribution in [3.05, 3.63) is 29.8 Å². The molecule has 0 saturated carbocycles. The standard InChI is InChI=1S/C11H12N2O/c1-2-7-13-11(14)8-9-5-3-4-6-10(9)12/h1,3-6H,7-8,12H2,(H,13,14). The molecule has 0 radical (unpaired) electrons. The summed E-state index contributed by atoms with van der Waals surface area (Å²) in [5.41, 5.74) is 7.13. The normalized spacial score (nSPS) is 9.07. The zero-order valence-corrected chi connectivity index (χ0v) is 7.79. The molecule has 1 rings (SSSR count). The van der Waals surface area contributed by atoms with Crippen molar-refractivity contribution in [2.24, 2.45) is 0 Å². The highest BCUT2D eigenvalue weighted by Crippen LogP contribution is 2.10. The van der Waals surface area contributed by atoms with Gasteiger partial charge in [0.1, 0.15) is 0 Å². The summed E-state index contributed by atoms with van der Waals surface area (Å²) >= 11 is 0. The molecule has 0 heterocycles. The number of para-hydroxylation sites is 1. The molecule has 14 heavy (non-hydrogen) atoms. The van der Waals surface area contributed by atoms with E-state index in [1.165, 1.54) is 0 Å². The summed E-state index contributed by atoms with van der Waals surface area (Å²) in [5.74, 6) is 2.23. The van der Waals surface area contributed by atoms with Gasteiger partial charge in [-0.1, -0.05) is 24.1 Å². The molecule has 0 unspecified atom stereocenters. The second-order valence-corrected chi connectivity index (χ2v) is 2.86. The van der Waals surface area contributed by atoms with E-state index in [-0.39, 0.29) is 18.9 Å². The van der Waals surface area contributed by atoms with Crippen LogP contribution in [0.4, 0.5) is 5.69 Å². The predicted octanol–water partition coefficient (Wildman–Crippen LogP) is 0.561. The highest BCUT2D eigenvalue weighted by molar-refractivity contribution is 5.80. The third-order valence-electron chi connectivity index (χ3n) is 1.79. The van der Waals surface area contributed by atoms with Crippen LogP contribution < -0.4 is 11.1 Å². The quantitative estimate of drug-likeness (QED) is 0.538. The molecular formula is C11H12N2O. The van der Waals surface area contributed by atoms with E-state index in [9.17, 15) is 4.79 Å². The molecule has 3 N–H and O–H groups in total. The number of nitrogens with one attached hydrogen (secondary N) is 1. The van der Waals surface area contributed by atoms with E-state index in [1.807, 2.05) is 18.2 Å². The van der Waals surface area contributed by atoms with Crippen molar-refractivity contribution in [2.75, 3.05) is 12.3 Å². The largest absolute Gasteiger partial charge is 0.398 e. The summed E-state index contributed by atoms with van der Waals surface area (Å²) < 4.78 is 0. The molecule has 0 aliphatic rings. The zero-order chi connectivity index (χ0) is 10.4. The molecule has 3 nitrogen and oxygen atoms in total. The first-order chi connectivity index (χ1) is 6.74. The number of hydrogen-bond donors (Lipinski definition) is 2. The van der Waals surface area contributed by atoms with Crippen LogP contribution in [0.15, 0.2) is 24.3 Å². The van der Waals surface area contributed by atoms with E-state index in [0.717, 1.165) is 5.56 Å². The van der Waals surface area contributed by atoms with Crippen molar-refractivity contribution in [3.8, 4) is 12.3 Å². The second-order valence-electron chi connectivity index (χ2n) is 2.86. The molecule has 0 aliphatic carbocycles. The number of rotatable bonds is 3. The number of anilines is 1. The summed E-state index contributed by atoms with van der Waals surface area (Å²) in [4.78, 5) is 11.3. The topological polar surface area (TPSA) is 55.1 Å². The van der Waals surface area contributed by atoms with Crippen LogP contribution in [0.25, 0.3) is 0 Å². The first-order valence-corrected chi connectivity index (χ1v) is 4.27. The highest BCUT2D eigenvalue weighted by atomic mass is 16.1. The lowest BCUT2D eigenvalue weighted by molar-refractivity contribution is -0.120. The van der Waals surface area contributed by atoms with Crippen molar-refractivity contribution in [3.63, 3.8) is 0 Å². The first-order valence-electron chi connectivity index (χ1n) is 4.27. The Morgan fingerprint density at radius 3 is 2.86 bits per heavy atom. The fraction of sp³-hybridized carbons (Fsp3) is 0.182. The van der Waals surface area contributed by atoms with Crippen LogP contribution in [0, 0.1) is 12.3 Å². The molecule has 1 amide bonds. The minimum absolute atomic E-state index is 0.110. The van der Waals surface area contributed by atoms with Gasteiger partial charge in [-0.3, -0.25) is 4.79 Å². The van der Waals surface area contributed by atoms with Gasteiger partial charge in [0.25, 0.3) is 0 Å². The Hall–Kier alpha value is -1.95. The van der Waals surface area contributed by atoms with Gasteiger partial charge in [0.05, 0.1) is 13.0 Å². The number of terminal acetylenes is 1. The van der Waals surface area contributed by atoms with Crippen LogP contribution in [-0.4, -0.2) is 12.5 Å². The number of hydrogen-bond acceptors (Lipinski definition) is 2. The van der Waals surface area contributed by atoms with Gasteiger partial charge in [-0.05, 0) is 11.6 Å². The summed E-state index contributed by atoms with van der Waals surface area (Å²) in [5, 5.41) is 2.58. The maximum Gasteiger partial charge on any atom is 0.225 e. The Morgan fingerprint density at radius 1 is 1.50 bits per heavy atom. The molecule has 0 fully saturated rings. The Balaban J connectivity index is 2.57. The molecular weight excluding hydrogens is 176 g/mol. The predicted molar refractivity (Wildman–Crippen MR) is 56.4 cm³/mol. The van der Waals surface area contributed by atoms with Crippen molar-refractivity contribution in [1.29, 1.82) is 0 Å². The van der Waals surface area contributed by atoms with E-state index in [0.29, 0.717) is 5.69 Å². The summed E-state index contributed by atoms with van der Waals surface area (Å²) in [6.07, 6.45) is 5.28. The van der Waals surface area contributed by atoms with Gasteiger partial charge in [0, 0.05) is 5.69 Å². The van der Waals surface area contributed by atoms with Crippen LogP contribution in [0.1, 0.15) is 5.56 Å². The van der Waals surface area contributed by atoms with Crippen LogP contribution in [0.3, 0.4) is 0 Å². The molecule has 3 heteroatoms. The lowest BCUT2D eigenvalue weighted by Crippen LogP contribution is -2.25. The molecule has 0 bridgehead atoms. The maximum absolute atomic E-state index is 11.3. The van der Waals surface area contributed by atoms with Crippen molar-refractivity contribution >= 4 is 11.6 Å². The fourth-order valence-electron chi connectivity index (χ4n) is 1.08. The average Bonchev–Trinajstić information content (AvgIpc) is 2.18. The number of benzene rings is 1. The molecule has 0 saturated heterocycles. The SMILES string of the molecule is C#CCNC(=O)Cc1ccccc1N. The van der Waals surface area contributed by atoms with E-state index < -0.39 is 0 Å². The summed E-state index contributed by atoms with van der Waals surface area (Å²) in [7, 11) is 0. The van der Waals surface area contributed by atoms with E-state index in [1.54, 1.807) is 6.07 Å². The van der Waals surface area contributed by atoms with Crippen LogP contribution >= 0.6 is 0 Å². The average molecular weight is 188 g/mol. The lowest BCUT2D eigenvalue weighted by atomic mass is 10.1. The molecule has 1 aromatic carbocycles. The van der Waals surface area contributed by atoms with Crippen molar-refractivity contribution in [2.45, 2.75) is 6.42 Å². The number of amides is 1. The Bertz CT molecular complexity index is 366. The smallest absolute Gasteiger partial charge is 0.225 e. The van der Waals surface area contributed by atoms with Crippen molar-refractivity contribution in [1.82, 2.24) is 5.32 Å². The molecule has 1 aromatic rings. The van der Waals surface area contributed by atoms with Gasteiger partial charge >= 0.3 is 0 Å². The van der Waals surface area contributed by atoms with E-state index in [2.05, 4.69) is 11.2 Å².